The Labute approximate surface area is 239 Å². The summed E-state index contributed by atoms with van der Waals surface area (Å²) in [6.07, 6.45) is 1.72. The van der Waals surface area contributed by atoms with Gasteiger partial charge in [-0.25, -0.2) is 0 Å². The molecule has 0 fully saturated rings. The third kappa shape index (κ3) is 7.37. The third-order valence-electron chi connectivity index (χ3n) is 5.65. The van der Waals surface area contributed by atoms with Crippen molar-refractivity contribution in [2.24, 2.45) is 5.92 Å². The SMILES string of the molecule is C=CCn1c(SCC(=O)Nc2cc(C)c(C)cc2Br)nnc1[C@@H](NC(=O)c1ccc(Cl)cc1Cl)C(C)C. The number of nitrogens with one attached hydrogen (secondary N) is 2. The molecule has 1 heterocycles. The Morgan fingerprint density at radius 3 is 2.51 bits per heavy atom. The zero-order valence-electron chi connectivity index (χ0n) is 20.9. The van der Waals surface area contributed by atoms with E-state index in [-0.39, 0.29) is 28.5 Å². The molecule has 1 atom stereocenters. The van der Waals surface area contributed by atoms with Crippen molar-refractivity contribution in [3.8, 4) is 0 Å². The summed E-state index contributed by atoms with van der Waals surface area (Å²) in [7, 11) is 0. The molecule has 3 aromatic rings. The summed E-state index contributed by atoms with van der Waals surface area (Å²) < 4.78 is 2.67. The number of amides is 2. The first-order valence-electron chi connectivity index (χ1n) is 11.5. The van der Waals surface area contributed by atoms with Crippen LogP contribution in [0.4, 0.5) is 5.69 Å². The van der Waals surface area contributed by atoms with Gasteiger partial charge in [-0.1, -0.05) is 54.9 Å². The number of anilines is 1. The number of carbonyl (C=O) groups excluding carboxylic acids is 2. The standard InChI is InChI=1S/C26H28BrCl2N5O2S/c1-6-9-34-24(23(14(2)3)31-25(36)18-8-7-17(28)12-20(18)29)32-33-26(34)37-13-22(35)30-21-11-16(5)15(4)10-19(21)27/h6-8,10-12,14,23H,1,9,13H2,2-5H3,(H,30,35)(H,31,36)/t23-/m0/s1. The van der Waals surface area contributed by atoms with Crippen molar-refractivity contribution >= 4 is 68.4 Å². The van der Waals surface area contributed by atoms with Gasteiger partial charge in [-0.2, -0.15) is 0 Å². The largest absolute Gasteiger partial charge is 0.342 e. The molecule has 0 saturated heterocycles. The molecule has 1 aromatic heterocycles. The molecule has 37 heavy (non-hydrogen) atoms. The molecular formula is C26H28BrCl2N5O2S. The molecule has 0 aliphatic rings. The van der Waals surface area contributed by atoms with Crippen LogP contribution in [0.5, 0.6) is 0 Å². The minimum absolute atomic E-state index is 0.00827. The van der Waals surface area contributed by atoms with Gasteiger partial charge in [0.15, 0.2) is 11.0 Å². The van der Waals surface area contributed by atoms with Gasteiger partial charge in [0.25, 0.3) is 5.91 Å². The molecule has 0 saturated carbocycles. The number of halogens is 3. The van der Waals surface area contributed by atoms with Gasteiger partial charge in [0.2, 0.25) is 5.91 Å². The molecule has 7 nitrogen and oxygen atoms in total. The number of hydrogen-bond donors (Lipinski definition) is 2. The zero-order valence-corrected chi connectivity index (χ0v) is 24.9. The molecule has 0 aliphatic heterocycles. The number of allylic oxidation sites excluding steroid dienone is 1. The van der Waals surface area contributed by atoms with Crippen molar-refractivity contribution in [1.29, 1.82) is 0 Å². The van der Waals surface area contributed by atoms with Gasteiger partial charge in [-0.15, -0.1) is 16.8 Å². The third-order valence-corrected chi connectivity index (χ3v) is 7.82. The van der Waals surface area contributed by atoms with Crippen molar-refractivity contribution in [3.05, 3.63) is 80.0 Å². The number of carbonyl (C=O) groups is 2. The van der Waals surface area contributed by atoms with E-state index in [1.165, 1.54) is 17.8 Å². The predicted octanol–water partition coefficient (Wildman–Crippen LogP) is 7.01. The number of benzene rings is 2. The smallest absolute Gasteiger partial charge is 0.253 e. The van der Waals surface area contributed by atoms with Crippen molar-refractivity contribution in [3.63, 3.8) is 0 Å². The number of nitrogens with zero attached hydrogens (tertiary/aromatic N) is 3. The van der Waals surface area contributed by atoms with Gasteiger partial charge in [0.1, 0.15) is 0 Å². The topological polar surface area (TPSA) is 88.9 Å². The fourth-order valence-corrected chi connectivity index (χ4v) is 5.36. The molecule has 0 unspecified atom stereocenters. The van der Waals surface area contributed by atoms with Gasteiger partial charge in [0, 0.05) is 16.0 Å². The fourth-order valence-electron chi connectivity index (χ4n) is 3.55. The predicted molar refractivity (Wildman–Crippen MR) is 155 cm³/mol. The number of thioether (sulfide) groups is 1. The van der Waals surface area contributed by atoms with Gasteiger partial charge >= 0.3 is 0 Å². The fraction of sp³-hybridized carbons (Fsp3) is 0.308. The molecular weight excluding hydrogens is 597 g/mol. The summed E-state index contributed by atoms with van der Waals surface area (Å²) in [6, 6.07) is 8.18. The van der Waals surface area contributed by atoms with Crippen LogP contribution < -0.4 is 10.6 Å². The summed E-state index contributed by atoms with van der Waals surface area (Å²) in [5, 5.41) is 15.9. The molecule has 2 aromatic carbocycles. The maximum Gasteiger partial charge on any atom is 0.253 e. The van der Waals surface area contributed by atoms with E-state index in [0.717, 1.165) is 15.6 Å². The summed E-state index contributed by atoms with van der Waals surface area (Å²) in [5.74, 6) is 0.170. The van der Waals surface area contributed by atoms with Gasteiger partial charge in [-0.05, 0) is 77.2 Å². The Morgan fingerprint density at radius 1 is 1.16 bits per heavy atom. The lowest BCUT2D eigenvalue weighted by Crippen LogP contribution is -2.34. The van der Waals surface area contributed by atoms with E-state index in [1.807, 2.05) is 44.4 Å². The highest BCUT2D eigenvalue weighted by atomic mass is 79.9. The second kappa shape index (κ2) is 13.0. The highest BCUT2D eigenvalue weighted by molar-refractivity contribution is 9.10. The quantitative estimate of drug-likeness (QED) is 0.187. The second-order valence-corrected chi connectivity index (χ2v) is 11.5. The van der Waals surface area contributed by atoms with E-state index in [2.05, 4.69) is 43.3 Å². The number of aromatic nitrogens is 3. The Morgan fingerprint density at radius 2 is 1.86 bits per heavy atom. The number of hydrogen-bond acceptors (Lipinski definition) is 5. The normalized spacial score (nSPS) is 11.9. The van der Waals surface area contributed by atoms with E-state index in [9.17, 15) is 9.59 Å². The maximum atomic E-state index is 13.0. The highest BCUT2D eigenvalue weighted by Crippen LogP contribution is 2.29. The molecule has 0 radical (unpaired) electrons. The van der Waals surface area contributed by atoms with Crippen LogP contribution in [0, 0.1) is 19.8 Å². The van der Waals surface area contributed by atoms with E-state index in [4.69, 9.17) is 23.2 Å². The monoisotopic (exact) mass is 623 g/mol. The average Bonchev–Trinajstić information content (AvgIpc) is 3.21. The second-order valence-electron chi connectivity index (χ2n) is 8.81. The molecule has 196 valence electrons. The molecule has 0 spiro atoms. The average molecular weight is 625 g/mol. The Bertz CT molecular complexity index is 1330. The molecule has 0 aliphatic carbocycles. The van der Waals surface area contributed by atoms with E-state index in [0.29, 0.717) is 33.8 Å². The van der Waals surface area contributed by atoms with Crippen LogP contribution in [0.3, 0.4) is 0 Å². The van der Waals surface area contributed by atoms with Crippen molar-refractivity contribution in [2.45, 2.75) is 45.4 Å². The van der Waals surface area contributed by atoms with Crippen molar-refractivity contribution < 1.29 is 9.59 Å². The molecule has 2 N–H and O–H groups in total. The first kappa shape index (κ1) is 29.2. The molecule has 11 heteroatoms. The first-order valence-corrected chi connectivity index (χ1v) is 14.0. The molecule has 2 amide bonds. The first-order chi connectivity index (χ1) is 17.5. The Balaban J connectivity index is 1.78. The van der Waals surface area contributed by atoms with E-state index < -0.39 is 6.04 Å². The number of aryl methyl sites for hydroxylation is 2. The van der Waals surface area contributed by atoms with Crippen molar-refractivity contribution in [2.75, 3.05) is 11.1 Å². The van der Waals surface area contributed by atoms with Gasteiger partial charge in [0.05, 0.1) is 28.1 Å². The van der Waals surface area contributed by atoms with Crippen LogP contribution in [0.2, 0.25) is 10.0 Å². The van der Waals surface area contributed by atoms with E-state index >= 15 is 0 Å². The highest BCUT2D eigenvalue weighted by Gasteiger charge is 2.27. The molecule has 0 bridgehead atoms. The maximum absolute atomic E-state index is 13.0. The Kier molecular flexibility index (Phi) is 10.2. The Hall–Kier alpha value is -2.33. The minimum atomic E-state index is -0.457. The minimum Gasteiger partial charge on any atom is -0.342 e. The van der Waals surface area contributed by atoms with Gasteiger partial charge in [-0.3, -0.25) is 9.59 Å². The lowest BCUT2D eigenvalue weighted by atomic mass is 10.0. The summed E-state index contributed by atoms with van der Waals surface area (Å²) in [5.41, 5.74) is 3.25. The van der Waals surface area contributed by atoms with Crippen LogP contribution in [0.25, 0.3) is 0 Å². The van der Waals surface area contributed by atoms with Crippen LogP contribution in [0.15, 0.2) is 52.6 Å². The lowest BCUT2D eigenvalue weighted by Gasteiger charge is -2.23. The van der Waals surface area contributed by atoms with Crippen molar-refractivity contribution in [1.82, 2.24) is 20.1 Å². The lowest BCUT2D eigenvalue weighted by molar-refractivity contribution is -0.113. The zero-order chi connectivity index (χ0) is 27.3. The van der Waals surface area contributed by atoms with E-state index in [1.54, 1.807) is 18.2 Å². The summed E-state index contributed by atoms with van der Waals surface area (Å²) in [6.45, 7) is 12.2. The van der Waals surface area contributed by atoms with Gasteiger partial charge < -0.3 is 15.2 Å². The van der Waals surface area contributed by atoms with Crippen LogP contribution in [-0.4, -0.2) is 32.3 Å². The van der Waals surface area contributed by atoms with Crippen LogP contribution in [0.1, 0.15) is 47.2 Å². The summed E-state index contributed by atoms with van der Waals surface area (Å²) in [4.78, 5) is 25.7. The van der Waals surface area contributed by atoms with Crippen LogP contribution in [-0.2, 0) is 11.3 Å². The number of rotatable bonds is 10. The van der Waals surface area contributed by atoms with Crippen LogP contribution >= 0.6 is 50.9 Å². The molecule has 3 rings (SSSR count). The summed E-state index contributed by atoms with van der Waals surface area (Å²) >= 11 is 17.0.